The third-order valence-electron chi connectivity index (χ3n) is 2.96. The molecule has 1 N–H and O–H groups in total. The number of hydrogen-bond acceptors (Lipinski definition) is 4. The molecule has 90 valence electrons. The highest BCUT2D eigenvalue weighted by Crippen LogP contribution is 2.19. The molecule has 0 spiro atoms. The Labute approximate surface area is 92.3 Å². The van der Waals surface area contributed by atoms with Crippen LogP contribution in [-0.4, -0.2) is 45.7 Å². The Morgan fingerprint density at radius 1 is 1.53 bits per heavy atom. The van der Waals surface area contributed by atoms with Crippen LogP contribution < -0.4 is 5.32 Å². The third-order valence-corrected chi connectivity index (χ3v) is 5.23. The van der Waals surface area contributed by atoms with Crippen molar-refractivity contribution >= 4 is 9.84 Å². The lowest BCUT2D eigenvalue weighted by molar-refractivity contribution is 0.164. The SMILES string of the molecule is CCC(COC)NCC1CCCS1(=O)=O. The van der Waals surface area contributed by atoms with Crippen LogP contribution in [0, 0.1) is 0 Å². The highest BCUT2D eigenvalue weighted by molar-refractivity contribution is 7.92. The summed E-state index contributed by atoms with van der Waals surface area (Å²) in [5, 5.41) is 3.09. The highest BCUT2D eigenvalue weighted by atomic mass is 32.2. The van der Waals surface area contributed by atoms with Gasteiger partial charge in [0.15, 0.2) is 9.84 Å². The number of ether oxygens (including phenoxy) is 1. The minimum absolute atomic E-state index is 0.177. The van der Waals surface area contributed by atoms with Crippen molar-refractivity contribution in [3.63, 3.8) is 0 Å². The van der Waals surface area contributed by atoms with Crippen LogP contribution in [0.25, 0.3) is 0 Å². The van der Waals surface area contributed by atoms with Gasteiger partial charge in [0.25, 0.3) is 0 Å². The summed E-state index contributed by atoms with van der Waals surface area (Å²) in [5.41, 5.74) is 0. The van der Waals surface area contributed by atoms with Crippen molar-refractivity contribution in [2.75, 3.05) is 26.0 Å². The van der Waals surface area contributed by atoms with E-state index in [4.69, 9.17) is 4.74 Å². The van der Waals surface area contributed by atoms with E-state index in [1.54, 1.807) is 7.11 Å². The first-order valence-corrected chi connectivity index (χ1v) is 7.25. The number of rotatable bonds is 6. The van der Waals surface area contributed by atoms with E-state index < -0.39 is 9.84 Å². The maximum atomic E-state index is 11.5. The topological polar surface area (TPSA) is 55.4 Å². The Morgan fingerprint density at radius 3 is 2.73 bits per heavy atom. The molecule has 1 fully saturated rings. The third kappa shape index (κ3) is 3.74. The van der Waals surface area contributed by atoms with Crippen molar-refractivity contribution in [1.82, 2.24) is 5.32 Å². The van der Waals surface area contributed by atoms with Crippen LogP contribution in [0.15, 0.2) is 0 Å². The molecule has 2 unspecified atom stereocenters. The van der Waals surface area contributed by atoms with Crippen molar-refractivity contribution < 1.29 is 13.2 Å². The second-order valence-electron chi connectivity index (χ2n) is 4.10. The quantitative estimate of drug-likeness (QED) is 0.731. The van der Waals surface area contributed by atoms with E-state index in [-0.39, 0.29) is 11.3 Å². The maximum Gasteiger partial charge on any atom is 0.154 e. The molecular weight excluding hydrogens is 214 g/mol. The van der Waals surface area contributed by atoms with Crippen LogP contribution in [0.1, 0.15) is 26.2 Å². The number of nitrogens with one attached hydrogen (secondary N) is 1. The summed E-state index contributed by atoms with van der Waals surface area (Å²) in [6.07, 6.45) is 2.58. The summed E-state index contributed by atoms with van der Waals surface area (Å²) in [7, 11) is -1.15. The molecule has 0 bridgehead atoms. The lowest BCUT2D eigenvalue weighted by Crippen LogP contribution is -2.39. The average Bonchev–Trinajstić information content (AvgIpc) is 2.52. The molecule has 4 nitrogen and oxygen atoms in total. The Hall–Kier alpha value is -0.130. The van der Waals surface area contributed by atoms with Crippen molar-refractivity contribution in [1.29, 1.82) is 0 Å². The van der Waals surface area contributed by atoms with E-state index >= 15 is 0 Å². The second-order valence-corrected chi connectivity index (χ2v) is 6.50. The zero-order valence-electron chi connectivity index (χ0n) is 9.53. The second kappa shape index (κ2) is 5.82. The van der Waals surface area contributed by atoms with E-state index in [9.17, 15) is 8.42 Å². The van der Waals surface area contributed by atoms with Gasteiger partial charge in [-0.3, -0.25) is 0 Å². The Kier molecular flexibility index (Phi) is 5.02. The monoisotopic (exact) mass is 235 g/mol. The van der Waals surface area contributed by atoms with Gasteiger partial charge in [-0.25, -0.2) is 8.42 Å². The fraction of sp³-hybridized carbons (Fsp3) is 1.00. The predicted molar refractivity (Wildman–Crippen MR) is 60.8 cm³/mol. The van der Waals surface area contributed by atoms with Crippen molar-refractivity contribution in [3.8, 4) is 0 Å². The minimum Gasteiger partial charge on any atom is -0.383 e. The van der Waals surface area contributed by atoms with Crippen LogP contribution in [0.2, 0.25) is 0 Å². The molecule has 1 heterocycles. The highest BCUT2D eigenvalue weighted by Gasteiger charge is 2.31. The van der Waals surface area contributed by atoms with E-state index in [2.05, 4.69) is 12.2 Å². The smallest absolute Gasteiger partial charge is 0.154 e. The molecule has 0 aromatic heterocycles. The normalized spacial score (nSPS) is 26.7. The van der Waals surface area contributed by atoms with Crippen LogP contribution in [-0.2, 0) is 14.6 Å². The first-order valence-electron chi connectivity index (χ1n) is 5.54. The van der Waals surface area contributed by atoms with Crippen LogP contribution in [0.3, 0.4) is 0 Å². The van der Waals surface area contributed by atoms with Gasteiger partial charge in [-0.1, -0.05) is 6.92 Å². The van der Waals surface area contributed by atoms with Gasteiger partial charge in [-0.15, -0.1) is 0 Å². The van der Waals surface area contributed by atoms with Gasteiger partial charge in [0.2, 0.25) is 0 Å². The molecule has 0 aromatic carbocycles. The zero-order chi connectivity index (χ0) is 11.3. The zero-order valence-corrected chi connectivity index (χ0v) is 10.3. The first-order chi connectivity index (χ1) is 7.10. The van der Waals surface area contributed by atoms with Gasteiger partial charge in [-0.2, -0.15) is 0 Å². The van der Waals surface area contributed by atoms with Gasteiger partial charge in [0.05, 0.1) is 17.6 Å². The molecule has 2 atom stereocenters. The molecule has 0 amide bonds. The van der Waals surface area contributed by atoms with Crippen LogP contribution >= 0.6 is 0 Å². The van der Waals surface area contributed by atoms with Crippen LogP contribution in [0.4, 0.5) is 0 Å². The van der Waals surface area contributed by atoms with Crippen molar-refractivity contribution in [2.24, 2.45) is 0 Å². The standard InChI is InChI=1S/C10H21NO3S/c1-3-9(8-14-2)11-7-10-5-4-6-15(10,12)13/h9-11H,3-8H2,1-2H3. The molecule has 0 radical (unpaired) electrons. The minimum atomic E-state index is -2.81. The van der Waals surface area contributed by atoms with E-state index in [0.29, 0.717) is 18.9 Å². The summed E-state index contributed by atoms with van der Waals surface area (Å²) in [5.74, 6) is 0.362. The molecule has 0 aromatic rings. The molecule has 0 aliphatic carbocycles. The molecule has 0 saturated carbocycles. The summed E-state index contributed by atoms with van der Waals surface area (Å²) in [6.45, 7) is 3.29. The summed E-state index contributed by atoms with van der Waals surface area (Å²) < 4.78 is 28.1. The van der Waals surface area contributed by atoms with Gasteiger partial charge in [0, 0.05) is 19.7 Å². The fourth-order valence-corrected chi connectivity index (χ4v) is 3.69. The fourth-order valence-electron chi connectivity index (χ4n) is 1.91. The van der Waals surface area contributed by atoms with E-state index in [0.717, 1.165) is 19.3 Å². The number of sulfone groups is 1. The van der Waals surface area contributed by atoms with Gasteiger partial charge in [0.1, 0.15) is 0 Å². The Morgan fingerprint density at radius 2 is 2.27 bits per heavy atom. The Bertz CT molecular complexity index is 276. The lowest BCUT2D eigenvalue weighted by Gasteiger charge is -2.18. The van der Waals surface area contributed by atoms with E-state index in [1.807, 2.05) is 0 Å². The molecule has 1 aliphatic rings. The number of hydrogen-bond donors (Lipinski definition) is 1. The molecule has 15 heavy (non-hydrogen) atoms. The molecule has 5 heteroatoms. The average molecular weight is 235 g/mol. The van der Waals surface area contributed by atoms with Gasteiger partial charge < -0.3 is 10.1 Å². The summed E-state index contributed by atoms with van der Waals surface area (Å²) >= 11 is 0. The molecular formula is C10H21NO3S. The van der Waals surface area contributed by atoms with Crippen LogP contribution in [0.5, 0.6) is 0 Å². The first kappa shape index (κ1) is 12.9. The predicted octanol–water partition coefficient (Wildman–Crippen LogP) is 0.578. The summed E-state index contributed by atoms with van der Waals surface area (Å²) in [6, 6.07) is 0.269. The van der Waals surface area contributed by atoms with Crippen molar-refractivity contribution in [3.05, 3.63) is 0 Å². The van der Waals surface area contributed by atoms with Gasteiger partial charge >= 0.3 is 0 Å². The molecule has 1 saturated heterocycles. The van der Waals surface area contributed by atoms with E-state index in [1.165, 1.54) is 0 Å². The number of methoxy groups -OCH3 is 1. The maximum absolute atomic E-state index is 11.5. The van der Waals surface area contributed by atoms with Crippen molar-refractivity contribution in [2.45, 2.75) is 37.5 Å². The summed E-state index contributed by atoms with van der Waals surface area (Å²) in [4.78, 5) is 0. The largest absolute Gasteiger partial charge is 0.383 e. The lowest BCUT2D eigenvalue weighted by atomic mass is 10.2. The molecule has 1 aliphatic heterocycles. The van der Waals surface area contributed by atoms with Gasteiger partial charge in [-0.05, 0) is 19.3 Å². The molecule has 1 rings (SSSR count). The Balaban J connectivity index is 2.35.